The highest BCUT2D eigenvalue weighted by Crippen LogP contribution is 2.23. The summed E-state index contributed by atoms with van der Waals surface area (Å²) in [6.07, 6.45) is 1.89. The standard InChI is InChI=1S/C12H16F3N3/c1-17-5-3-4-8(7-17)18(2)12-10(14)6-9(13)11(15)16-12/h6,8H,3-5,7H2,1-2H3. The number of likely N-dealkylation sites (N-methyl/N-ethyl adjacent to an activating group) is 2. The van der Waals surface area contributed by atoms with Crippen LogP contribution in [0.1, 0.15) is 12.8 Å². The molecule has 1 fully saturated rings. The number of nitrogens with zero attached hydrogens (tertiary/aromatic N) is 3. The van der Waals surface area contributed by atoms with Crippen LogP contribution in [0.15, 0.2) is 6.07 Å². The first kappa shape index (κ1) is 13.1. The van der Waals surface area contributed by atoms with Crippen molar-refractivity contribution in [1.29, 1.82) is 0 Å². The van der Waals surface area contributed by atoms with Crippen LogP contribution >= 0.6 is 0 Å². The number of anilines is 1. The average molecular weight is 259 g/mol. The Morgan fingerprint density at radius 2 is 2.06 bits per heavy atom. The minimum Gasteiger partial charge on any atom is -0.353 e. The van der Waals surface area contributed by atoms with Gasteiger partial charge < -0.3 is 9.80 Å². The zero-order valence-corrected chi connectivity index (χ0v) is 10.5. The van der Waals surface area contributed by atoms with E-state index >= 15 is 0 Å². The lowest BCUT2D eigenvalue weighted by Crippen LogP contribution is -2.45. The maximum Gasteiger partial charge on any atom is 0.251 e. The molecule has 0 N–H and O–H groups in total. The Bertz CT molecular complexity index is 439. The maximum atomic E-state index is 13.6. The first-order valence-corrected chi connectivity index (χ1v) is 5.92. The van der Waals surface area contributed by atoms with Crippen molar-refractivity contribution in [2.75, 3.05) is 32.1 Å². The lowest BCUT2D eigenvalue weighted by molar-refractivity contribution is 0.246. The molecule has 1 saturated heterocycles. The lowest BCUT2D eigenvalue weighted by atomic mass is 10.1. The zero-order chi connectivity index (χ0) is 13.3. The molecule has 100 valence electrons. The summed E-state index contributed by atoms with van der Waals surface area (Å²) in [7, 11) is 3.64. The van der Waals surface area contributed by atoms with Crippen LogP contribution in [0.2, 0.25) is 0 Å². The molecule has 6 heteroatoms. The second-order valence-electron chi connectivity index (χ2n) is 4.74. The predicted octanol–water partition coefficient (Wildman–Crippen LogP) is 2.03. The van der Waals surface area contributed by atoms with Crippen LogP contribution in [-0.2, 0) is 0 Å². The van der Waals surface area contributed by atoms with Crippen molar-refractivity contribution in [1.82, 2.24) is 9.88 Å². The zero-order valence-electron chi connectivity index (χ0n) is 10.5. The molecule has 0 spiro atoms. The van der Waals surface area contributed by atoms with Crippen LogP contribution in [0.5, 0.6) is 0 Å². The number of halogens is 3. The Labute approximate surface area is 104 Å². The van der Waals surface area contributed by atoms with Gasteiger partial charge in [-0.25, -0.2) is 8.78 Å². The van der Waals surface area contributed by atoms with E-state index in [-0.39, 0.29) is 11.9 Å². The number of aromatic nitrogens is 1. The van der Waals surface area contributed by atoms with E-state index in [0.29, 0.717) is 6.07 Å². The summed E-state index contributed by atoms with van der Waals surface area (Å²) in [6.45, 7) is 1.76. The van der Waals surface area contributed by atoms with Gasteiger partial charge in [-0.3, -0.25) is 0 Å². The largest absolute Gasteiger partial charge is 0.353 e. The van der Waals surface area contributed by atoms with E-state index < -0.39 is 17.6 Å². The Balaban J connectivity index is 2.22. The summed E-state index contributed by atoms with van der Waals surface area (Å²) in [5, 5.41) is 0. The molecule has 1 aliphatic rings. The molecule has 0 amide bonds. The molecule has 0 saturated carbocycles. The Morgan fingerprint density at radius 3 is 2.72 bits per heavy atom. The molecule has 3 nitrogen and oxygen atoms in total. The van der Waals surface area contributed by atoms with E-state index in [1.807, 2.05) is 7.05 Å². The number of hydrogen-bond donors (Lipinski definition) is 0. The van der Waals surface area contributed by atoms with E-state index in [1.54, 1.807) is 11.9 Å². The second-order valence-corrected chi connectivity index (χ2v) is 4.74. The first-order valence-electron chi connectivity index (χ1n) is 5.92. The Kier molecular flexibility index (Phi) is 3.75. The minimum absolute atomic E-state index is 0.0654. The van der Waals surface area contributed by atoms with Crippen molar-refractivity contribution in [3.05, 3.63) is 23.6 Å². The lowest BCUT2D eigenvalue weighted by Gasteiger charge is -2.36. The molecule has 0 aromatic carbocycles. The van der Waals surface area contributed by atoms with Crippen LogP contribution in [0.4, 0.5) is 19.0 Å². The quantitative estimate of drug-likeness (QED) is 0.758. The van der Waals surface area contributed by atoms with E-state index in [2.05, 4.69) is 9.88 Å². The van der Waals surface area contributed by atoms with Crippen LogP contribution in [0.3, 0.4) is 0 Å². The maximum absolute atomic E-state index is 13.6. The van der Waals surface area contributed by atoms with Crippen molar-refractivity contribution in [2.24, 2.45) is 0 Å². The van der Waals surface area contributed by atoms with Crippen LogP contribution in [-0.4, -0.2) is 43.1 Å². The summed E-state index contributed by atoms with van der Waals surface area (Å²) >= 11 is 0. The average Bonchev–Trinajstić information content (AvgIpc) is 2.33. The van der Waals surface area contributed by atoms with Gasteiger partial charge in [0.1, 0.15) is 0 Å². The van der Waals surface area contributed by atoms with Crippen LogP contribution in [0.25, 0.3) is 0 Å². The van der Waals surface area contributed by atoms with Crippen LogP contribution < -0.4 is 4.90 Å². The SMILES string of the molecule is CN1CCCC(N(C)c2nc(F)c(F)cc2F)C1. The molecule has 1 aliphatic heterocycles. The Morgan fingerprint density at radius 1 is 1.33 bits per heavy atom. The molecule has 18 heavy (non-hydrogen) atoms. The molecular weight excluding hydrogens is 243 g/mol. The summed E-state index contributed by atoms with van der Waals surface area (Å²) in [4.78, 5) is 7.08. The Hall–Kier alpha value is -1.30. The van der Waals surface area contributed by atoms with Gasteiger partial charge in [-0.15, -0.1) is 0 Å². The van der Waals surface area contributed by atoms with Gasteiger partial charge in [-0.2, -0.15) is 9.37 Å². The highest BCUT2D eigenvalue weighted by molar-refractivity contribution is 5.40. The first-order chi connectivity index (χ1) is 8.49. The minimum atomic E-state index is -1.26. The van der Waals surface area contributed by atoms with E-state index in [0.717, 1.165) is 25.9 Å². The van der Waals surface area contributed by atoms with E-state index in [9.17, 15) is 13.2 Å². The molecular formula is C12H16F3N3. The van der Waals surface area contributed by atoms with Crippen molar-refractivity contribution < 1.29 is 13.2 Å². The normalized spacial score (nSPS) is 21.1. The van der Waals surface area contributed by atoms with Gasteiger partial charge in [0, 0.05) is 25.7 Å². The number of pyridine rings is 1. The molecule has 1 aromatic rings. The summed E-state index contributed by atoms with van der Waals surface area (Å²) < 4.78 is 39.5. The van der Waals surface area contributed by atoms with Gasteiger partial charge in [0.25, 0.3) is 5.95 Å². The van der Waals surface area contributed by atoms with Gasteiger partial charge in [0.05, 0.1) is 0 Å². The number of rotatable bonds is 2. The van der Waals surface area contributed by atoms with Gasteiger partial charge in [-0.1, -0.05) is 0 Å². The second kappa shape index (κ2) is 5.14. The van der Waals surface area contributed by atoms with E-state index in [1.165, 1.54) is 0 Å². The molecule has 0 aliphatic carbocycles. The summed E-state index contributed by atoms with van der Waals surface area (Å²) in [6, 6.07) is 0.608. The third kappa shape index (κ3) is 2.58. The van der Waals surface area contributed by atoms with Crippen molar-refractivity contribution in [3.8, 4) is 0 Å². The van der Waals surface area contributed by atoms with Crippen molar-refractivity contribution >= 4 is 5.82 Å². The molecule has 0 radical (unpaired) electrons. The van der Waals surface area contributed by atoms with Crippen molar-refractivity contribution in [2.45, 2.75) is 18.9 Å². The fourth-order valence-electron chi connectivity index (χ4n) is 2.31. The van der Waals surface area contributed by atoms with Gasteiger partial charge in [0.2, 0.25) is 0 Å². The van der Waals surface area contributed by atoms with Gasteiger partial charge in [0.15, 0.2) is 17.5 Å². The van der Waals surface area contributed by atoms with Crippen LogP contribution in [0, 0.1) is 17.6 Å². The molecule has 1 unspecified atom stereocenters. The fourth-order valence-corrected chi connectivity index (χ4v) is 2.31. The topological polar surface area (TPSA) is 19.4 Å². The predicted molar refractivity (Wildman–Crippen MR) is 63.0 cm³/mol. The molecule has 2 rings (SSSR count). The van der Waals surface area contributed by atoms with Crippen molar-refractivity contribution in [3.63, 3.8) is 0 Å². The molecule has 1 atom stereocenters. The van der Waals surface area contributed by atoms with Gasteiger partial charge in [-0.05, 0) is 26.4 Å². The van der Waals surface area contributed by atoms with E-state index in [4.69, 9.17) is 0 Å². The molecule has 2 heterocycles. The smallest absolute Gasteiger partial charge is 0.251 e. The highest BCUT2D eigenvalue weighted by Gasteiger charge is 2.25. The highest BCUT2D eigenvalue weighted by atomic mass is 19.2. The summed E-state index contributed by atoms with van der Waals surface area (Å²) in [5.41, 5.74) is 0. The number of hydrogen-bond acceptors (Lipinski definition) is 3. The molecule has 1 aromatic heterocycles. The summed E-state index contributed by atoms with van der Waals surface area (Å²) in [5.74, 6) is -3.48. The molecule has 0 bridgehead atoms. The number of likely N-dealkylation sites (tertiary alicyclic amines) is 1. The third-order valence-electron chi connectivity index (χ3n) is 3.35. The fraction of sp³-hybridized carbons (Fsp3) is 0.583. The van der Waals surface area contributed by atoms with Gasteiger partial charge >= 0.3 is 0 Å². The number of piperidine rings is 1. The monoisotopic (exact) mass is 259 g/mol. The third-order valence-corrected chi connectivity index (χ3v) is 3.35.